The van der Waals surface area contributed by atoms with E-state index in [1.165, 1.54) is 0 Å². The van der Waals surface area contributed by atoms with Crippen molar-refractivity contribution in [2.45, 2.75) is 11.0 Å². The number of rotatable bonds is 3. The summed E-state index contributed by atoms with van der Waals surface area (Å²) in [6, 6.07) is 0. The first kappa shape index (κ1) is 9.78. The monoisotopic (exact) mass is 189 g/mol. The fourth-order valence-corrected chi connectivity index (χ4v) is 0.404. The molecular formula is C4H4Cl2FO3. The summed E-state index contributed by atoms with van der Waals surface area (Å²) in [5.74, 6) is 0. The van der Waals surface area contributed by atoms with Crippen molar-refractivity contribution in [3.05, 3.63) is 0 Å². The van der Waals surface area contributed by atoms with Crippen LogP contribution in [0.5, 0.6) is 0 Å². The number of ether oxygens (including phenoxy) is 1. The highest BCUT2D eigenvalue weighted by Gasteiger charge is 2.22. The van der Waals surface area contributed by atoms with E-state index >= 15 is 0 Å². The van der Waals surface area contributed by atoms with Crippen LogP contribution in [0.2, 0.25) is 0 Å². The molecule has 0 aromatic heterocycles. The van der Waals surface area contributed by atoms with Gasteiger partial charge in [0.2, 0.25) is 0 Å². The standard InChI is InChI=1S/C4H4Cl2FO3/c5-4(6,7)1-2-10-3(8)9/h1-2H2. The maximum absolute atomic E-state index is 12.1. The van der Waals surface area contributed by atoms with Crippen molar-refractivity contribution >= 4 is 29.4 Å². The number of halogens is 3. The maximum Gasteiger partial charge on any atom is 0.550 e. The molecule has 1 radical (unpaired) electrons. The van der Waals surface area contributed by atoms with E-state index in [4.69, 9.17) is 23.2 Å². The van der Waals surface area contributed by atoms with Crippen molar-refractivity contribution < 1.29 is 19.0 Å². The zero-order chi connectivity index (χ0) is 8.20. The average molecular weight is 190 g/mol. The third-order valence-corrected chi connectivity index (χ3v) is 0.983. The van der Waals surface area contributed by atoms with Gasteiger partial charge in [0.15, 0.2) is 0 Å². The first-order chi connectivity index (χ1) is 4.42. The van der Waals surface area contributed by atoms with Crippen LogP contribution in [0.3, 0.4) is 0 Å². The van der Waals surface area contributed by atoms with Crippen molar-refractivity contribution in [1.29, 1.82) is 0 Å². The van der Waals surface area contributed by atoms with Gasteiger partial charge >= 0.3 is 6.16 Å². The molecule has 0 N–H and O–H groups in total. The molecule has 0 atom stereocenters. The van der Waals surface area contributed by atoms with E-state index in [1.54, 1.807) is 0 Å². The van der Waals surface area contributed by atoms with Gasteiger partial charge in [0.05, 0.1) is 0 Å². The van der Waals surface area contributed by atoms with E-state index in [9.17, 15) is 14.3 Å². The summed E-state index contributed by atoms with van der Waals surface area (Å²) in [5, 5.41) is 9.54. The second-order valence-electron chi connectivity index (χ2n) is 1.46. The van der Waals surface area contributed by atoms with Crippen molar-refractivity contribution in [1.82, 2.24) is 0 Å². The summed E-state index contributed by atoms with van der Waals surface area (Å²) < 4.78 is 13.5. The first-order valence-electron chi connectivity index (χ1n) is 2.32. The van der Waals surface area contributed by atoms with Crippen molar-refractivity contribution in [3.8, 4) is 0 Å². The minimum absolute atomic E-state index is 0.411. The first-order valence-corrected chi connectivity index (χ1v) is 3.08. The zero-order valence-corrected chi connectivity index (χ0v) is 6.28. The van der Waals surface area contributed by atoms with Crippen LogP contribution >= 0.6 is 23.2 Å². The molecule has 6 heteroatoms. The van der Waals surface area contributed by atoms with Gasteiger partial charge in [-0.1, -0.05) is 23.2 Å². The lowest BCUT2D eigenvalue weighted by atomic mass is 10.5. The second kappa shape index (κ2) is 3.83. The molecule has 0 fully saturated rings. The molecule has 0 aromatic rings. The molecule has 0 amide bonds. The molecular weight excluding hydrogens is 186 g/mol. The molecule has 0 saturated heterocycles. The van der Waals surface area contributed by atoms with Gasteiger partial charge in [-0.05, 0) is 0 Å². The molecule has 0 heterocycles. The fourth-order valence-electron chi connectivity index (χ4n) is 0.250. The van der Waals surface area contributed by atoms with E-state index in [-0.39, 0.29) is 0 Å². The number of hydrogen-bond donors (Lipinski definition) is 0. The third-order valence-electron chi connectivity index (χ3n) is 0.605. The number of alkyl halides is 3. The van der Waals surface area contributed by atoms with E-state index in [0.717, 1.165) is 0 Å². The summed E-state index contributed by atoms with van der Waals surface area (Å²) >= 11 is 9.64. The lowest BCUT2D eigenvalue weighted by Crippen LogP contribution is -2.10. The van der Waals surface area contributed by atoms with Crippen LogP contribution in [0.25, 0.3) is 0 Å². The Morgan fingerprint density at radius 2 is 2.10 bits per heavy atom. The van der Waals surface area contributed by atoms with E-state index in [2.05, 4.69) is 4.74 Å². The van der Waals surface area contributed by atoms with Crippen molar-refractivity contribution in [3.63, 3.8) is 0 Å². The molecule has 3 nitrogen and oxygen atoms in total. The lowest BCUT2D eigenvalue weighted by Gasteiger charge is -2.06. The van der Waals surface area contributed by atoms with E-state index < -0.39 is 23.8 Å². The quantitative estimate of drug-likeness (QED) is 0.504. The molecule has 0 unspecified atom stereocenters. The average Bonchev–Trinajstić information content (AvgIpc) is 1.59. The minimum Gasteiger partial charge on any atom is -0.432 e. The van der Waals surface area contributed by atoms with Crippen LogP contribution in [0.1, 0.15) is 6.42 Å². The Morgan fingerprint density at radius 1 is 1.60 bits per heavy atom. The maximum atomic E-state index is 12.1. The van der Waals surface area contributed by atoms with E-state index in [1.807, 2.05) is 0 Å². The summed E-state index contributed by atoms with van der Waals surface area (Å²) in [4.78, 5) is 9.54. The second-order valence-corrected chi connectivity index (χ2v) is 2.86. The Morgan fingerprint density at radius 3 is 2.40 bits per heavy atom. The van der Waals surface area contributed by atoms with Gasteiger partial charge in [-0.3, -0.25) is 0 Å². The Labute approximate surface area is 66.7 Å². The van der Waals surface area contributed by atoms with Gasteiger partial charge in [-0.25, -0.2) is 4.39 Å². The summed E-state index contributed by atoms with van der Waals surface area (Å²) in [7, 11) is 0. The van der Waals surface area contributed by atoms with Crippen LogP contribution < -0.4 is 0 Å². The molecule has 0 aliphatic rings. The lowest BCUT2D eigenvalue weighted by molar-refractivity contribution is 0.0630. The summed E-state index contributed by atoms with van der Waals surface area (Å²) in [6.45, 7) is -0.411. The Bertz CT molecular complexity index is 122. The van der Waals surface area contributed by atoms with Gasteiger partial charge in [0.1, 0.15) is 6.61 Å². The molecule has 0 aliphatic heterocycles. The van der Waals surface area contributed by atoms with E-state index in [0.29, 0.717) is 0 Å². The molecule has 59 valence electrons. The Hall–Kier alpha value is -0.220. The van der Waals surface area contributed by atoms with Gasteiger partial charge in [-0.15, -0.1) is 0 Å². The van der Waals surface area contributed by atoms with Gasteiger partial charge in [0, 0.05) is 6.42 Å². The van der Waals surface area contributed by atoms with Crippen LogP contribution in [-0.4, -0.2) is 17.3 Å². The van der Waals surface area contributed by atoms with Gasteiger partial charge < -0.3 is 4.74 Å². The van der Waals surface area contributed by atoms with Crippen LogP contribution in [-0.2, 0) is 9.84 Å². The number of carbonyl (C=O) groups excluding carboxylic acids is 1. The Kier molecular flexibility index (Phi) is 3.75. The highest BCUT2D eigenvalue weighted by molar-refractivity contribution is 6.47. The predicted octanol–water partition coefficient (Wildman–Crippen LogP) is 2.04. The molecule has 0 aliphatic carbocycles. The molecule has 0 spiro atoms. The summed E-state index contributed by atoms with van der Waals surface area (Å²) in [5.41, 5.74) is 0. The van der Waals surface area contributed by atoms with Crippen molar-refractivity contribution in [2.75, 3.05) is 6.61 Å². The van der Waals surface area contributed by atoms with Crippen LogP contribution in [0.15, 0.2) is 0 Å². The highest BCUT2D eigenvalue weighted by atomic mass is 35.5. The largest absolute Gasteiger partial charge is 0.550 e. The van der Waals surface area contributed by atoms with Crippen LogP contribution in [0.4, 0.5) is 9.18 Å². The molecule has 0 rings (SSSR count). The minimum atomic E-state index is -2.44. The third kappa shape index (κ3) is 7.78. The molecule has 0 saturated carbocycles. The smallest absolute Gasteiger partial charge is 0.432 e. The van der Waals surface area contributed by atoms with Crippen molar-refractivity contribution in [2.24, 2.45) is 0 Å². The molecule has 0 aromatic carbocycles. The van der Waals surface area contributed by atoms with Gasteiger partial charge in [-0.2, -0.15) is 9.90 Å². The zero-order valence-electron chi connectivity index (χ0n) is 4.77. The van der Waals surface area contributed by atoms with Gasteiger partial charge in [0.25, 0.3) is 4.59 Å². The molecule has 10 heavy (non-hydrogen) atoms. The normalized spacial score (nSPS) is 11.1. The topological polar surface area (TPSA) is 46.2 Å². The number of carbonyl (C=O) groups is 1. The summed E-state index contributed by atoms with van der Waals surface area (Å²) in [6.07, 6.45) is -2.14. The van der Waals surface area contributed by atoms with Crippen LogP contribution in [0, 0.1) is 0 Å². The highest BCUT2D eigenvalue weighted by Crippen LogP contribution is 2.26. The fraction of sp³-hybridized carbons (Fsp3) is 0.750. The number of hydrogen-bond acceptors (Lipinski definition) is 2. The predicted molar refractivity (Wildman–Crippen MR) is 32.2 cm³/mol. The Balaban J connectivity index is 3.29. The SMILES string of the molecule is [O]C(=O)OCCC(F)(Cl)Cl. The molecule has 0 bridgehead atoms.